The van der Waals surface area contributed by atoms with Gasteiger partial charge in [-0.1, -0.05) is 36.4 Å². The number of nitrogens with zero attached hydrogens (tertiary/aromatic N) is 1. The van der Waals surface area contributed by atoms with Gasteiger partial charge in [-0.3, -0.25) is 4.79 Å². The molecular formula is C24H19NO5. The molecule has 150 valence electrons. The molecule has 0 aliphatic carbocycles. The zero-order chi connectivity index (χ0) is 21.1. The van der Waals surface area contributed by atoms with E-state index in [-0.39, 0.29) is 11.6 Å². The van der Waals surface area contributed by atoms with Gasteiger partial charge in [-0.15, -0.1) is 0 Å². The third-order valence-corrected chi connectivity index (χ3v) is 4.44. The van der Waals surface area contributed by atoms with Crippen LogP contribution in [0.4, 0.5) is 0 Å². The standard InChI is InChI=1S/C24H19NO5/c1-3-28-22-13-16(8-11-21(22)29-15(2)26)12-20-24(27)30-23(25-20)19-10-9-17-6-4-5-7-18(17)14-19/h4-14H,3H2,1-2H3/b20-12-. The van der Waals surface area contributed by atoms with Gasteiger partial charge in [-0.2, -0.15) is 0 Å². The van der Waals surface area contributed by atoms with Crippen LogP contribution in [0.25, 0.3) is 16.8 Å². The fourth-order valence-corrected chi connectivity index (χ4v) is 3.13. The van der Waals surface area contributed by atoms with Crippen molar-refractivity contribution in [3.8, 4) is 11.5 Å². The molecule has 3 aromatic carbocycles. The van der Waals surface area contributed by atoms with Gasteiger partial charge in [0, 0.05) is 12.5 Å². The maximum absolute atomic E-state index is 12.3. The van der Waals surface area contributed by atoms with Crippen LogP contribution in [0.3, 0.4) is 0 Å². The van der Waals surface area contributed by atoms with E-state index in [0.29, 0.717) is 23.7 Å². The highest BCUT2D eigenvalue weighted by atomic mass is 16.6. The summed E-state index contributed by atoms with van der Waals surface area (Å²) in [5, 5.41) is 2.13. The first kappa shape index (κ1) is 19.4. The Bertz CT molecular complexity index is 1210. The number of hydrogen-bond donors (Lipinski definition) is 0. The van der Waals surface area contributed by atoms with E-state index in [1.807, 2.05) is 49.4 Å². The smallest absolute Gasteiger partial charge is 0.363 e. The second-order valence-electron chi connectivity index (χ2n) is 6.63. The highest BCUT2D eigenvalue weighted by molar-refractivity contribution is 6.13. The minimum Gasteiger partial charge on any atom is -0.490 e. The predicted octanol–water partition coefficient (Wildman–Crippen LogP) is 4.51. The number of ether oxygens (including phenoxy) is 3. The average Bonchev–Trinajstić information content (AvgIpc) is 3.10. The number of rotatable bonds is 5. The summed E-state index contributed by atoms with van der Waals surface area (Å²) in [6, 6.07) is 18.7. The van der Waals surface area contributed by atoms with E-state index in [1.165, 1.54) is 6.92 Å². The SMILES string of the molecule is CCOc1cc(/C=C2\N=C(c3ccc4ccccc4c3)OC2=O)ccc1OC(C)=O. The van der Waals surface area contributed by atoms with Crippen LogP contribution in [0.5, 0.6) is 11.5 Å². The predicted molar refractivity (Wildman–Crippen MR) is 113 cm³/mol. The van der Waals surface area contributed by atoms with E-state index < -0.39 is 11.9 Å². The number of carbonyl (C=O) groups excluding carboxylic acids is 2. The van der Waals surface area contributed by atoms with Crippen molar-refractivity contribution < 1.29 is 23.8 Å². The first-order chi connectivity index (χ1) is 14.5. The largest absolute Gasteiger partial charge is 0.490 e. The maximum atomic E-state index is 12.3. The lowest BCUT2D eigenvalue weighted by Gasteiger charge is -2.10. The zero-order valence-corrected chi connectivity index (χ0v) is 16.5. The second kappa shape index (κ2) is 8.21. The topological polar surface area (TPSA) is 74.2 Å². The van der Waals surface area contributed by atoms with Gasteiger partial charge in [0.2, 0.25) is 5.90 Å². The van der Waals surface area contributed by atoms with Gasteiger partial charge in [0.25, 0.3) is 0 Å². The molecule has 0 aromatic heterocycles. The Labute approximate surface area is 173 Å². The highest BCUT2D eigenvalue weighted by Crippen LogP contribution is 2.30. The number of esters is 2. The molecule has 0 unspecified atom stereocenters. The van der Waals surface area contributed by atoms with Crippen LogP contribution in [-0.2, 0) is 14.3 Å². The van der Waals surface area contributed by atoms with Crippen molar-refractivity contribution in [2.75, 3.05) is 6.61 Å². The Morgan fingerprint density at radius 3 is 2.60 bits per heavy atom. The summed E-state index contributed by atoms with van der Waals surface area (Å²) < 4.78 is 16.1. The van der Waals surface area contributed by atoms with Gasteiger partial charge >= 0.3 is 11.9 Å². The van der Waals surface area contributed by atoms with E-state index in [2.05, 4.69) is 4.99 Å². The fraction of sp³-hybridized carbons (Fsp3) is 0.125. The molecule has 1 aliphatic rings. The Kier molecular flexibility index (Phi) is 5.30. The van der Waals surface area contributed by atoms with Crippen molar-refractivity contribution in [2.24, 2.45) is 4.99 Å². The first-order valence-electron chi connectivity index (χ1n) is 9.50. The summed E-state index contributed by atoms with van der Waals surface area (Å²) in [7, 11) is 0. The molecule has 4 rings (SSSR count). The van der Waals surface area contributed by atoms with Crippen LogP contribution >= 0.6 is 0 Å². The fourth-order valence-electron chi connectivity index (χ4n) is 3.13. The molecule has 0 saturated carbocycles. The molecule has 3 aromatic rings. The third-order valence-electron chi connectivity index (χ3n) is 4.44. The van der Waals surface area contributed by atoms with E-state index in [9.17, 15) is 9.59 Å². The molecule has 0 spiro atoms. The molecule has 0 N–H and O–H groups in total. The van der Waals surface area contributed by atoms with Crippen molar-refractivity contribution in [2.45, 2.75) is 13.8 Å². The number of cyclic esters (lactones) is 1. The normalized spacial score (nSPS) is 14.5. The molecule has 6 nitrogen and oxygen atoms in total. The van der Waals surface area contributed by atoms with E-state index in [1.54, 1.807) is 24.3 Å². The van der Waals surface area contributed by atoms with Crippen molar-refractivity contribution in [3.05, 3.63) is 77.5 Å². The van der Waals surface area contributed by atoms with Gasteiger partial charge < -0.3 is 14.2 Å². The number of carbonyl (C=O) groups is 2. The van der Waals surface area contributed by atoms with Crippen LogP contribution in [0.2, 0.25) is 0 Å². The van der Waals surface area contributed by atoms with Crippen LogP contribution in [0.15, 0.2) is 71.4 Å². The summed E-state index contributed by atoms with van der Waals surface area (Å²) in [6.07, 6.45) is 1.61. The van der Waals surface area contributed by atoms with Crippen LogP contribution in [-0.4, -0.2) is 24.4 Å². The van der Waals surface area contributed by atoms with Crippen LogP contribution in [0.1, 0.15) is 25.0 Å². The summed E-state index contributed by atoms with van der Waals surface area (Å²) in [5.41, 5.74) is 1.58. The molecule has 0 amide bonds. The zero-order valence-electron chi connectivity index (χ0n) is 16.5. The van der Waals surface area contributed by atoms with Crippen molar-refractivity contribution in [1.29, 1.82) is 0 Å². The van der Waals surface area contributed by atoms with Crippen LogP contribution in [0, 0.1) is 0 Å². The minimum absolute atomic E-state index is 0.181. The van der Waals surface area contributed by atoms with E-state index in [4.69, 9.17) is 14.2 Å². The number of aliphatic imine (C=N–C) groups is 1. The molecule has 0 atom stereocenters. The van der Waals surface area contributed by atoms with Gasteiger partial charge in [0.15, 0.2) is 17.2 Å². The monoisotopic (exact) mass is 401 g/mol. The summed E-state index contributed by atoms with van der Waals surface area (Å²) in [4.78, 5) is 28.0. The first-order valence-corrected chi connectivity index (χ1v) is 9.50. The quantitative estimate of drug-likeness (QED) is 0.357. The Morgan fingerprint density at radius 1 is 1.03 bits per heavy atom. The Morgan fingerprint density at radius 2 is 1.83 bits per heavy atom. The van der Waals surface area contributed by atoms with Crippen LogP contribution < -0.4 is 9.47 Å². The number of hydrogen-bond acceptors (Lipinski definition) is 6. The number of benzene rings is 3. The van der Waals surface area contributed by atoms with Gasteiger partial charge in [0.05, 0.1) is 6.61 Å². The van der Waals surface area contributed by atoms with Crippen molar-refractivity contribution in [3.63, 3.8) is 0 Å². The maximum Gasteiger partial charge on any atom is 0.363 e. The molecule has 0 saturated heterocycles. The highest BCUT2D eigenvalue weighted by Gasteiger charge is 2.24. The van der Waals surface area contributed by atoms with Crippen molar-refractivity contribution >= 4 is 34.7 Å². The summed E-state index contributed by atoms with van der Waals surface area (Å²) in [5.74, 6) is 0.0257. The average molecular weight is 401 g/mol. The molecule has 0 fully saturated rings. The van der Waals surface area contributed by atoms with Crippen molar-refractivity contribution in [1.82, 2.24) is 0 Å². The van der Waals surface area contributed by atoms with E-state index >= 15 is 0 Å². The lowest BCUT2D eigenvalue weighted by molar-refractivity contribution is -0.132. The second-order valence-corrected chi connectivity index (χ2v) is 6.63. The van der Waals surface area contributed by atoms with Gasteiger partial charge in [-0.05, 0) is 53.6 Å². The third kappa shape index (κ3) is 4.07. The van der Waals surface area contributed by atoms with Gasteiger partial charge in [0.1, 0.15) is 0 Å². The molecule has 1 heterocycles. The molecule has 0 bridgehead atoms. The number of fused-ring (bicyclic) bond motifs is 1. The molecule has 0 radical (unpaired) electrons. The van der Waals surface area contributed by atoms with Gasteiger partial charge in [-0.25, -0.2) is 9.79 Å². The lowest BCUT2D eigenvalue weighted by atomic mass is 10.1. The molecular weight excluding hydrogens is 382 g/mol. The summed E-state index contributed by atoms with van der Waals surface area (Å²) in [6.45, 7) is 3.56. The minimum atomic E-state index is -0.528. The molecule has 1 aliphatic heterocycles. The lowest BCUT2D eigenvalue weighted by Crippen LogP contribution is -2.05. The van der Waals surface area contributed by atoms with E-state index in [0.717, 1.165) is 16.3 Å². The molecule has 6 heteroatoms. The Hall–Kier alpha value is -3.93. The summed E-state index contributed by atoms with van der Waals surface area (Å²) >= 11 is 0. The molecule has 30 heavy (non-hydrogen) atoms. The Balaban J connectivity index is 1.66.